The maximum absolute atomic E-state index is 10.6. The third-order valence-electron chi connectivity index (χ3n) is 5.25. The summed E-state index contributed by atoms with van der Waals surface area (Å²) in [5, 5.41) is 14.2. The number of hydrogen-bond acceptors (Lipinski definition) is 7. The standard InChI is InChI=1S/C18H22N2O3.2C2HF3O2/c1-2-16-18(22-8-1)17(23-13-14-3-6-19-7-4-14)11-20(16)10-15-5-9-21-12-15;2*3-2(4,5)1(6)7/h3-7,9,12,16-18H,1-2,8,10-11,13H2;2*(H,6,7)/t16-,17-,18+;;/m1../s1. The molecule has 2 fully saturated rings. The number of pyridine rings is 1. The van der Waals surface area contributed by atoms with E-state index < -0.39 is 24.3 Å². The maximum atomic E-state index is 10.6. The van der Waals surface area contributed by atoms with Crippen LogP contribution in [0.3, 0.4) is 0 Å². The van der Waals surface area contributed by atoms with Crippen LogP contribution in [0.5, 0.6) is 0 Å². The first-order valence-electron chi connectivity index (χ1n) is 10.8. The zero-order valence-corrected chi connectivity index (χ0v) is 19.1. The molecule has 4 rings (SSSR count). The van der Waals surface area contributed by atoms with Crippen molar-refractivity contribution < 1.29 is 60.0 Å². The number of aliphatic carboxylic acids is 2. The van der Waals surface area contributed by atoms with Crippen LogP contribution < -0.4 is 0 Å². The number of carbonyl (C=O) groups is 2. The molecule has 3 atom stereocenters. The average Bonchev–Trinajstić information content (AvgIpc) is 3.46. The van der Waals surface area contributed by atoms with Gasteiger partial charge in [0.15, 0.2) is 0 Å². The molecule has 2 aromatic heterocycles. The van der Waals surface area contributed by atoms with Gasteiger partial charge in [-0.15, -0.1) is 0 Å². The molecule has 0 bridgehead atoms. The highest BCUT2D eigenvalue weighted by molar-refractivity contribution is 5.73. The molecule has 0 aliphatic carbocycles. The Hall–Kier alpha value is -3.17. The van der Waals surface area contributed by atoms with E-state index in [2.05, 4.69) is 9.88 Å². The van der Waals surface area contributed by atoms with Gasteiger partial charge in [0.05, 0.1) is 25.2 Å². The van der Waals surface area contributed by atoms with Gasteiger partial charge in [0, 0.05) is 43.7 Å². The molecule has 2 N–H and O–H groups in total. The molecule has 0 unspecified atom stereocenters. The second-order valence-electron chi connectivity index (χ2n) is 7.92. The van der Waals surface area contributed by atoms with Crippen molar-refractivity contribution in [2.24, 2.45) is 0 Å². The van der Waals surface area contributed by atoms with E-state index in [9.17, 15) is 26.3 Å². The minimum atomic E-state index is -5.08. The molecular formula is C22H24F6N2O7. The lowest BCUT2D eigenvalue weighted by atomic mass is 10.0. The van der Waals surface area contributed by atoms with Gasteiger partial charge in [-0.25, -0.2) is 9.59 Å². The number of nitrogens with zero attached hydrogens (tertiary/aromatic N) is 2. The predicted molar refractivity (Wildman–Crippen MR) is 112 cm³/mol. The summed E-state index contributed by atoms with van der Waals surface area (Å²) in [7, 11) is 0. The Morgan fingerprint density at radius 2 is 1.62 bits per heavy atom. The van der Waals surface area contributed by atoms with E-state index in [-0.39, 0.29) is 12.2 Å². The summed E-state index contributed by atoms with van der Waals surface area (Å²) in [5.41, 5.74) is 2.37. The van der Waals surface area contributed by atoms with Gasteiger partial charge in [0.25, 0.3) is 0 Å². The summed E-state index contributed by atoms with van der Waals surface area (Å²) in [5.74, 6) is -5.51. The molecule has 4 heterocycles. The van der Waals surface area contributed by atoms with E-state index in [1.54, 1.807) is 18.7 Å². The fourth-order valence-electron chi connectivity index (χ4n) is 3.63. The van der Waals surface area contributed by atoms with Crippen molar-refractivity contribution >= 4 is 11.9 Å². The van der Waals surface area contributed by atoms with Crippen LogP contribution in [0.4, 0.5) is 26.3 Å². The van der Waals surface area contributed by atoms with Crippen LogP contribution in [0.1, 0.15) is 24.0 Å². The van der Waals surface area contributed by atoms with Crippen molar-refractivity contribution in [2.45, 2.75) is 56.6 Å². The third kappa shape index (κ3) is 10.0. The Labute approximate surface area is 206 Å². The Morgan fingerprint density at radius 3 is 2.14 bits per heavy atom. The van der Waals surface area contributed by atoms with Gasteiger partial charge in [0.2, 0.25) is 0 Å². The topological polar surface area (TPSA) is 122 Å². The molecule has 0 aromatic carbocycles. The van der Waals surface area contributed by atoms with Crippen LogP contribution >= 0.6 is 0 Å². The van der Waals surface area contributed by atoms with Crippen LogP contribution in [-0.2, 0) is 32.2 Å². The summed E-state index contributed by atoms with van der Waals surface area (Å²) in [6.07, 6.45) is -0.395. The number of rotatable bonds is 5. The SMILES string of the molecule is O=C(O)C(F)(F)F.O=C(O)C(F)(F)F.c1cc(CO[C@@H]2CN(Cc3ccoc3)[C@@H]3CCCO[C@@H]32)ccn1. The molecule has 206 valence electrons. The number of hydrogen-bond donors (Lipinski definition) is 2. The highest BCUT2D eigenvalue weighted by Gasteiger charge is 2.44. The second-order valence-corrected chi connectivity index (χ2v) is 7.92. The Balaban J connectivity index is 0.000000286. The molecule has 2 aliphatic rings. The zero-order chi connectivity index (χ0) is 27.6. The van der Waals surface area contributed by atoms with E-state index in [1.807, 2.05) is 24.5 Å². The van der Waals surface area contributed by atoms with Crippen LogP contribution in [0.2, 0.25) is 0 Å². The van der Waals surface area contributed by atoms with Gasteiger partial charge in [-0.05, 0) is 36.6 Å². The molecule has 9 nitrogen and oxygen atoms in total. The van der Waals surface area contributed by atoms with Crippen molar-refractivity contribution in [3.8, 4) is 0 Å². The van der Waals surface area contributed by atoms with Crippen molar-refractivity contribution in [1.82, 2.24) is 9.88 Å². The van der Waals surface area contributed by atoms with Gasteiger partial charge < -0.3 is 24.1 Å². The first kappa shape index (κ1) is 30.1. The lowest BCUT2D eigenvalue weighted by molar-refractivity contribution is -0.193. The largest absolute Gasteiger partial charge is 0.490 e. The van der Waals surface area contributed by atoms with Crippen LogP contribution in [0, 0.1) is 0 Å². The average molecular weight is 542 g/mol. The predicted octanol–water partition coefficient (Wildman–Crippen LogP) is 3.89. The van der Waals surface area contributed by atoms with Crippen molar-refractivity contribution in [3.05, 3.63) is 54.2 Å². The van der Waals surface area contributed by atoms with Crippen LogP contribution in [0.25, 0.3) is 0 Å². The molecule has 0 spiro atoms. The van der Waals surface area contributed by atoms with Gasteiger partial charge in [-0.2, -0.15) is 26.3 Å². The molecule has 0 amide bonds. The summed E-state index contributed by atoms with van der Waals surface area (Å²) >= 11 is 0. The molecule has 15 heteroatoms. The summed E-state index contributed by atoms with van der Waals surface area (Å²) in [6.45, 7) is 3.26. The quantitative estimate of drug-likeness (QED) is 0.542. The molecule has 37 heavy (non-hydrogen) atoms. The van der Waals surface area contributed by atoms with E-state index >= 15 is 0 Å². The maximum Gasteiger partial charge on any atom is 0.490 e. The minimum absolute atomic E-state index is 0.125. The number of aromatic nitrogens is 1. The number of halogens is 6. The smallest absolute Gasteiger partial charge is 0.475 e. The third-order valence-corrected chi connectivity index (χ3v) is 5.25. The molecule has 2 aromatic rings. The number of furan rings is 1. The number of likely N-dealkylation sites (tertiary alicyclic amines) is 1. The molecule has 2 saturated heterocycles. The number of carboxylic acid groups (broad SMARTS) is 2. The Morgan fingerprint density at radius 1 is 1.03 bits per heavy atom. The molecular weight excluding hydrogens is 518 g/mol. The number of alkyl halides is 6. The summed E-state index contributed by atoms with van der Waals surface area (Å²) in [6, 6.07) is 6.47. The highest BCUT2D eigenvalue weighted by Crippen LogP contribution is 2.32. The van der Waals surface area contributed by atoms with Crippen molar-refractivity contribution in [1.29, 1.82) is 0 Å². The second kappa shape index (κ2) is 13.4. The van der Waals surface area contributed by atoms with E-state index in [0.717, 1.165) is 31.7 Å². The number of fused-ring (bicyclic) bond motifs is 1. The summed E-state index contributed by atoms with van der Waals surface area (Å²) < 4.78 is 80.9. The van der Waals surface area contributed by atoms with Crippen molar-refractivity contribution in [2.75, 3.05) is 13.2 Å². The van der Waals surface area contributed by atoms with E-state index in [1.165, 1.54) is 12.0 Å². The first-order chi connectivity index (χ1) is 17.3. The van der Waals surface area contributed by atoms with Crippen LogP contribution in [-0.4, -0.2) is 75.8 Å². The fraction of sp³-hybridized carbons (Fsp3) is 0.500. The van der Waals surface area contributed by atoms with E-state index in [0.29, 0.717) is 12.6 Å². The molecule has 2 aliphatic heterocycles. The van der Waals surface area contributed by atoms with E-state index in [4.69, 9.17) is 33.7 Å². The Bertz CT molecular complexity index is 946. The van der Waals surface area contributed by atoms with Gasteiger partial charge in [0.1, 0.15) is 6.10 Å². The first-order valence-corrected chi connectivity index (χ1v) is 10.8. The zero-order valence-electron chi connectivity index (χ0n) is 19.1. The van der Waals surface area contributed by atoms with Crippen LogP contribution in [0.15, 0.2) is 47.5 Å². The van der Waals surface area contributed by atoms with Gasteiger partial charge in [-0.3, -0.25) is 9.88 Å². The number of ether oxygens (including phenoxy) is 2. The highest BCUT2D eigenvalue weighted by atomic mass is 19.4. The lowest BCUT2D eigenvalue weighted by Gasteiger charge is -2.32. The monoisotopic (exact) mass is 542 g/mol. The minimum Gasteiger partial charge on any atom is -0.475 e. The van der Waals surface area contributed by atoms with Gasteiger partial charge >= 0.3 is 24.3 Å². The Kier molecular flexibility index (Phi) is 10.9. The van der Waals surface area contributed by atoms with Crippen molar-refractivity contribution in [3.63, 3.8) is 0 Å². The molecule has 0 saturated carbocycles. The lowest BCUT2D eigenvalue weighted by Crippen LogP contribution is -2.41. The summed E-state index contributed by atoms with van der Waals surface area (Å²) in [4.78, 5) is 24.3. The van der Waals surface area contributed by atoms with Gasteiger partial charge in [-0.1, -0.05) is 0 Å². The molecule has 0 radical (unpaired) electrons. The normalized spacial score (nSPS) is 21.6. The fourth-order valence-corrected chi connectivity index (χ4v) is 3.63. The number of carboxylic acids is 2.